The summed E-state index contributed by atoms with van der Waals surface area (Å²) in [5.74, 6) is 0. The van der Waals surface area contributed by atoms with E-state index in [0.717, 1.165) is 0 Å². The van der Waals surface area contributed by atoms with Crippen LogP contribution in [-0.2, 0) is 4.74 Å². The van der Waals surface area contributed by atoms with Crippen LogP contribution in [0, 0.1) is 0 Å². The van der Waals surface area contributed by atoms with E-state index in [1.54, 1.807) is 14.8 Å². The van der Waals surface area contributed by atoms with Gasteiger partial charge >= 0.3 is 0 Å². The van der Waals surface area contributed by atoms with E-state index >= 15 is 0 Å². The summed E-state index contributed by atoms with van der Waals surface area (Å²) in [5, 5.41) is 26.7. The highest BCUT2D eigenvalue weighted by Gasteiger charge is 2.25. The summed E-state index contributed by atoms with van der Waals surface area (Å²) in [6.07, 6.45) is -1.37. The van der Waals surface area contributed by atoms with Crippen LogP contribution in [0.1, 0.15) is 13.8 Å². The van der Waals surface area contributed by atoms with Gasteiger partial charge in [0.15, 0.2) is 0 Å². The van der Waals surface area contributed by atoms with Crippen molar-refractivity contribution in [1.29, 1.82) is 0 Å². The zero-order chi connectivity index (χ0) is 9.78. The average Bonchev–Trinajstić information content (AvgIpc) is 2.00. The molecule has 3 N–H and O–H groups in total. The third kappa shape index (κ3) is 4.06. The third-order valence-electron chi connectivity index (χ3n) is 1.57. The molecule has 0 heterocycles. The van der Waals surface area contributed by atoms with Crippen molar-refractivity contribution < 1.29 is 20.1 Å². The smallest absolute Gasteiger partial charge is 0.146 e. The summed E-state index contributed by atoms with van der Waals surface area (Å²) in [7, 11) is 1.69. The molecule has 12 heavy (non-hydrogen) atoms. The molecule has 0 fully saturated rings. The fourth-order valence-electron chi connectivity index (χ4n) is 0.735. The second-order valence-corrected chi connectivity index (χ2v) is 3.50. The monoisotopic (exact) mass is 176 g/mol. The maximum atomic E-state index is 9.10. The molecule has 72 valence electrons. The van der Waals surface area contributed by atoms with Crippen LogP contribution >= 0.6 is 0 Å². The fraction of sp³-hybridized carbons (Fsp3) is 1.00. The van der Waals surface area contributed by atoms with Crippen molar-refractivity contribution in [3.63, 3.8) is 0 Å². The molecule has 3 atom stereocenters. The fourth-order valence-corrected chi connectivity index (χ4v) is 0.735. The molecular formula is C7H17BO4. The van der Waals surface area contributed by atoms with Gasteiger partial charge < -0.3 is 20.1 Å². The number of hydrogen-bond donors (Lipinski definition) is 3. The van der Waals surface area contributed by atoms with E-state index < -0.39 is 17.7 Å². The zero-order valence-electron chi connectivity index (χ0n) is 7.82. The summed E-state index contributed by atoms with van der Waals surface area (Å²) >= 11 is 0. The molecule has 0 spiro atoms. The zero-order valence-corrected chi connectivity index (χ0v) is 7.82. The molecule has 4 nitrogen and oxygen atoms in total. The number of rotatable bonds is 5. The molecule has 0 aromatic carbocycles. The Bertz CT molecular complexity index is 127. The molecular weight excluding hydrogens is 159 g/mol. The predicted octanol–water partition coefficient (Wildman–Crippen LogP) is -1.91. The summed E-state index contributed by atoms with van der Waals surface area (Å²) < 4.78 is 5.25. The number of ether oxygens (including phenoxy) is 1. The first-order chi connectivity index (χ1) is 5.43. The van der Waals surface area contributed by atoms with E-state index in [-0.39, 0.29) is 13.2 Å². The topological polar surface area (TPSA) is 69.9 Å². The highest BCUT2D eigenvalue weighted by Crippen LogP contribution is 2.10. The first kappa shape index (κ1) is 11.9. The highest BCUT2D eigenvalue weighted by molar-refractivity contribution is 6.14. The molecule has 0 unspecified atom stereocenters. The Labute approximate surface area is 73.6 Å². The lowest BCUT2D eigenvalue weighted by Crippen LogP contribution is -2.43. The van der Waals surface area contributed by atoms with Crippen LogP contribution in [0.2, 0.25) is 0 Å². The summed E-state index contributed by atoms with van der Waals surface area (Å²) in [4.78, 5) is 0. The van der Waals surface area contributed by atoms with Gasteiger partial charge in [-0.2, -0.15) is 0 Å². The number of hydrogen-bond acceptors (Lipinski definition) is 4. The SMILES string of the molecule is B[C@@](C)(CO)O[C@H](CO)[C@@H](C)O. The quantitative estimate of drug-likeness (QED) is 0.427. The highest BCUT2D eigenvalue weighted by atomic mass is 16.5. The lowest BCUT2D eigenvalue weighted by Gasteiger charge is -2.29. The van der Waals surface area contributed by atoms with Crippen LogP contribution in [0.3, 0.4) is 0 Å². The Morgan fingerprint density at radius 1 is 1.50 bits per heavy atom. The van der Waals surface area contributed by atoms with Gasteiger partial charge in [0, 0.05) is 0 Å². The standard InChI is InChI=1S/C7H17BO4/c1-5(11)6(3-9)12-7(2,8)4-10/h5-6,9-11H,3-4,8H2,1-2H3/t5-,6-,7-/m1/s1. The lowest BCUT2D eigenvalue weighted by atomic mass is 9.84. The van der Waals surface area contributed by atoms with Crippen LogP contribution in [0.15, 0.2) is 0 Å². The summed E-state index contributed by atoms with van der Waals surface area (Å²) in [6, 6.07) is 0. The van der Waals surface area contributed by atoms with Gasteiger partial charge in [0.05, 0.1) is 24.8 Å². The first-order valence-corrected chi connectivity index (χ1v) is 4.00. The normalized spacial score (nSPS) is 21.4. The summed E-state index contributed by atoms with van der Waals surface area (Å²) in [5.41, 5.74) is -0.718. The van der Waals surface area contributed by atoms with Crippen LogP contribution in [0.25, 0.3) is 0 Å². The van der Waals surface area contributed by atoms with E-state index in [2.05, 4.69) is 0 Å². The van der Waals surface area contributed by atoms with Gasteiger partial charge in [0.25, 0.3) is 0 Å². The van der Waals surface area contributed by atoms with Gasteiger partial charge in [-0.1, -0.05) is 0 Å². The molecule has 5 heteroatoms. The minimum absolute atomic E-state index is 0.143. The minimum atomic E-state index is -0.735. The van der Waals surface area contributed by atoms with E-state index in [1.807, 2.05) is 0 Å². The molecule has 0 radical (unpaired) electrons. The molecule has 0 aromatic rings. The average molecular weight is 176 g/mol. The van der Waals surface area contributed by atoms with Gasteiger partial charge in [0.2, 0.25) is 0 Å². The van der Waals surface area contributed by atoms with Gasteiger partial charge in [0.1, 0.15) is 14.0 Å². The van der Waals surface area contributed by atoms with E-state index in [4.69, 9.17) is 20.1 Å². The lowest BCUT2D eigenvalue weighted by molar-refractivity contribution is -0.118. The Morgan fingerprint density at radius 3 is 2.25 bits per heavy atom. The van der Waals surface area contributed by atoms with Crippen LogP contribution in [0.5, 0.6) is 0 Å². The maximum Gasteiger partial charge on any atom is 0.146 e. The van der Waals surface area contributed by atoms with Crippen molar-refractivity contribution in [2.24, 2.45) is 0 Å². The Balaban J connectivity index is 4.01. The number of aliphatic hydroxyl groups is 3. The molecule has 0 saturated heterocycles. The molecule has 0 saturated carbocycles. The van der Waals surface area contributed by atoms with Gasteiger partial charge in [-0.05, 0) is 13.8 Å². The molecule has 0 aromatic heterocycles. The minimum Gasteiger partial charge on any atom is -0.394 e. The van der Waals surface area contributed by atoms with Crippen molar-refractivity contribution in [3.05, 3.63) is 0 Å². The number of aliphatic hydroxyl groups excluding tert-OH is 3. The summed E-state index contributed by atoms with van der Waals surface area (Å²) in [6.45, 7) is 2.84. The second-order valence-electron chi connectivity index (χ2n) is 3.50. The molecule has 0 amide bonds. The van der Waals surface area contributed by atoms with E-state index in [0.29, 0.717) is 0 Å². The molecule has 0 aliphatic rings. The maximum absolute atomic E-state index is 9.10. The van der Waals surface area contributed by atoms with Crippen LogP contribution in [0.4, 0.5) is 0 Å². The van der Waals surface area contributed by atoms with Crippen molar-refractivity contribution in [1.82, 2.24) is 0 Å². The van der Waals surface area contributed by atoms with Crippen LogP contribution < -0.4 is 0 Å². The predicted molar refractivity (Wildman–Crippen MR) is 47.7 cm³/mol. The molecule has 0 bridgehead atoms. The van der Waals surface area contributed by atoms with Crippen molar-refractivity contribution in [3.8, 4) is 0 Å². The molecule has 0 aliphatic carbocycles. The first-order valence-electron chi connectivity index (χ1n) is 4.00. The Morgan fingerprint density at radius 2 is 2.00 bits per heavy atom. The van der Waals surface area contributed by atoms with Crippen molar-refractivity contribution in [2.45, 2.75) is 31.6 Å². The largest absolute Gasteiger partial charge is 0.394 e. The van der Waals surface area contributed by atoms with Crippen molar-refractivity contribution in [2.75, 3.05) is 13.2 Å². The molecule has 0 aliphatic heterocycles. The van der Waals surface area contributed by atoms with Crippen molar-refractivity contribution >= 4 is 7.85 Å². The van der Waals surface area contributed by atoms with Gasteiger partial charge in [-0.15, -0.1) is 0 Å². The molecule has 0 rings (SSSR count). The van der Waals surface area contributed by atoms with Crippen LogP contribution in [-0.4, -0.2) is 54.1 Å². The third-order valence-corrected chi connectivity index (χ3v) is 1.57. The Kier molecular flexibility index (Phi) is 4.78. The second kappa shape index (κ2) is 4.82. The van der Waals surface area contributed by atoms with Gasteiger partial charge in [-0.3, -0.25) is 0 Å². The van der Waals surface area contributed by atoms with E-state index in [9.17, 15) is 0 Å². The Hall–Kier alpha value is -0.0951. The van der Waals surface area contributed by atoms with E-state index in [1.165, 1.54) is 6.92 Å². The van der Waals surface area contributed by atoms with Gasteiger partial charge in [-0.25, -0.2) is 0 Å².